The van der Waals surface area contributed by atoms with Gasteiger partial charge in [0, 0.05) is 24.6 Å². The van der Waals surface area contributed by atoms with Gasteiger partial charge in [-0.1, -0.05) is 45.4 Å². The number of nitrogens with two attached hydrogens (primary N) is 1. The van der Waals surface area contributed by atoms with E-state index in [0.717, 1.165) is 19.3 Å². The number of para-hydroxylation sites is 1. The van der Waals surface area contributed by atoms with Crippen molar-refractivity contribution < 1.29 is 29.0 Å². The summed E-state index contributed by atoms with van der Waals surface area (Å²) >= 11 is 0. The van der Waals surface area contributed by atoms with Crippen LogP contribution in [-0.4, -0.2) is 58.1 Å². The topological polar surface area (TPSA) is 151 Å². The maximum absolute atomic E-state index is 14.2. The van der Waals surface area contributed by atoms with Gasteiger partial charge in [0.25, 0.3) is 0 Å². The van der Waals surface area contributed by atoms with Crippen molar-refractivity contribution in [2.45, 2.75) is 111 Å². The molecule has 10 heteroatoms. The maximum Gasteiger partial charge on any atom is 0.408 e. The fourth-order valence-corrected chi connectivity index (χ4v) is 4.11. The third kappa shape index (κ3) is 12.0. The lowest BCUT2D eigenvalue weighted by atomic mass is 9.96. The first-order valence-corrected chi connectivity index (χ1v) is 13.8. The first-order chi connectivity index (χ1) is 18.2. The second kappa shape index (κ2) is 16.0. The lowest BCUT2D eigenvalue weighted by Crippen LogP contribution is -2.55. The minimum absolute atomic E-state index is 0.0776. The van der Waals surface area contributed by atoms with Crippen LogP contribution in [0.15, 0.2) is 24.3 Å². The molecule has 0 fully saturated rings. The first kappa shape index (κ1) is 33.7. The van der Waals surface area contributed by atoms with Crippen molar-refractivity contribution in [1.29, 1.82) is 0 Å². The minimum Gasteiger partial charge on any atom is -0.508 e. The molecule has 0 saturated carbocycles. The first-order valence-electron chi connectivity index (χ1n) is 13.8. The van der Waals surface area contributed by atoms with E-state index in [2.05, 4.69) is 24.5 Å². The Morgan fingerprint density at radius 1 is 1.05 bits per heavy atom. The Kier molecular flexibility index (Phi) is 13.8. The van der Waals surface area contributed by atoms with E-state index in [4.69, 9.17) is 10.5 Å². The van der Waals surface area contributed by atoms with Crippen LogP contribution in [0.4, 0.5) is 4.79 Å². The summed E-state index contributed by atoms with van der Waals surface area (Å²) in [5, 5.41) is 16.2. The highest BCUT2D eigenvalue weighted by Gasteiger charge is 2.39. The number of amides is 4. The maximum atomic E-state index is 14.2. The molecule has 220 valence electrons. The number of carbonyl (C=O) groups excluding carboxylic acids is 4. The molecule has 1 aromatic carbocycles. The number of phenols is 1. The molecule has 4 amide bonds. The SMILES string of the molecule is CCCCNC(=O)C(c1ccccc1O)N(C(=O)C(CCC(N)=O)NC(=O)OC(C)(C)C)C(C)CCC(C)C. The molecule has 0 spiro atoms. The van der Waals surface area contributed by atoms with Gasteiger partial charge in [-0.2, -0.15) is 0 Å². The zero-order valence-electron chi connectivity index (χ0n) is 24.6. The molecule has 3 atom stereocenters. The zero-order chi connectivity index (χ0) is 29.8. The Hall–Kier alpha value is -3.30. The number of primary amides is 1. The quantitative estimate of drug-likeness (QED) is 0.242. The molecule has 39 heavy (non-hydrogen) atoms. The van der Waals surface area contributed by atoms with E-state index in [1.54, 1.807) is 39.0 Å². The van der Waals surface area contributed by atoms with Crippen molar-refractivity contribution in [3.63, 3.8) is 0 Å². The fourth-order valence-electron chi connectivity index (χ4n) is 4.11. The van der Waals surface area contributed by atoms with Crippen molar-refractivity contribution in [2.75, 3.05) is 6.54 Å². The van der Waals surface area contributed by atoms with Crippen molar-refractivity contribution in [3.8, 4) is 5.75 Å². The highest BCUT2D eigenvalue weighted by Crippen LogP contribution is 2.32. The van der Waals surface area contributed by atoms with Gasteiger partial charge in [0.05, 0.1) is 0 Å². The molecule has 5 N–H and O–H groups in total. The van der Waals surface area contributed by atoms with E-state index in [-0.39, 0.29) is 24.2 Å². The lowest BCUT2D eigenvalue weighted by Gasteiger charge is -2.39. The van der Waals surface area contributed by atoms with Gasteiger partial charge in [0.15, 0.2) is 0 Å². The number of alkyl carbamates (subject to hydrolysis) is 1. The summed E-state index contributed by atoms with van der Waals surface area (Å²) in [7, 11) is 0. The summed E-state index contributed by atoms with van der Waals surface area (Å²) < 4.78 is 5.37. The number of hydrogen-bond donors (Lipinski definition) is 4. The third-order valence-corrected chi connectivity index (χ3v) is 6.15. The van der Waals surface area contributed by atoms with Gasteiger partial charge < -0.3 is 31.1 Å². The molecule has 0 bridgehead atoms. The third-order valence-electron chi connectivity index (χ3n) is 6.15. The van der Waals surface area contributed by atoms with Crippen LogP contribution in [0.1, 0.15) is 98.6 Å². The predicted octanol–water partition coefficient (Wildman–Crippen LogP) is 4.16. The molecule has 10 nitrogen and oxygen atoms in total. The summed E-state index contributed by atoms with van der Waals surface area (Å²) in [5.41, 5.74) is 4.82. The van der Waals surface area contributed by atoms with Crippen LogP contribution < -0.4 is 16.4 Å². The van der Waals surface area contributed by atoms with E-state index in [0.29, 0.717) is 18.9 Å². The number of carbonyl (C=O) groups is 4. The number of phenolic OH excluding ortho intramolecular Hbond substituents is 1. The molecular formula is C29H48N4O6. The smallest absolute Gasteiger partial charge is 0.408 e. The fraction of sp³-hybridized carbons (Fsp3) is 0.655. The molecular weight excluding hydrogens is 500 g/mol. The van der Waals surface area contributed by atoms with Gasteiger partial charge in [-0.3, -0.25) is 14.4 Å². The number of nitrogens with one attached hydrogen (secondary N) is 2. The Bertz CT molecular complexity index is 959. The van der Waals surface area contributed by atoms with Gasteiger partial charge in [-0.25, -0.2) is 4.79 Å². The molecule has 0 aromatic heterocycles. The Morgan fingerprint density at radius 3 is 2.23 bits per heavy atom. The summed E-state index contributed by atoms with van der Waals surface area (Å²) in [6.45, 7) is 13.5. The largest absolute Gasteiger partial charge is 0.508 e. The van der Waals surface area contributed by atoms with E-state index >= 15 is 0 Å². The summed E-state index contributed by atoms with van der Waals surface area (Å²) in [4.78, 5) is 53.6. The number of unbranched alkanes of at least 4 members (excludes halogenated alkanes) is 1. The normalized spacial score (nSPS) is 13.7. The van der Waals surface area contributed by atoms with E-state index in [9.17, 15) is 24.3 Å². The van der Waals surface area contributed by atoms with Crippen LogP contribution >= 0.6 is 0 Å². The highest BCUT2D eigenvalue weighted by molar-refractivity contribution is 5.93. The van der Waals surface area contributed by atoms with Crippen LogP contribution in [0.5, 0.6) is 5.75 Å². The standard InChI is InChI=1S/C29H48N4O6/c1-8-9-18-31-26(36)25(21-12-10-11-13-23(21)34)33(20(4)15-14-19(2)3)27(37)22(16-17-24(30)35)32-28(38)39-29(5,6)7/h10-13,19-20,22,25,34H,8-9,14-18H2,1-7H3,(H2,30,35)(H,31,36)(H,32,38). The van der Waals surface area contributed by atoms with Crippen molar-refractivity contribution in [3.05, 3.63) is 29.8 Å². The number of aromatic hydroxyl groups is 1. The van der Waals surface area contributed by atoms with E-state index < -0.39 is 47.5 Å². The summed E-state index contributed by atoms with van der Waals surface area (Å²) in [6, 6.07) is 3.59. The molecule has 0 aliphatic carbocycles. The second-order valence-electron chi connectivity index (χ2n) is 11.4. The average Bonchev–Trinajstić information content (AvgIpc) is 2.82. The number of nitrogens with zero attached hydrogens (tertiary/aromatic N) is 1. The molecule has 1 aromatic rings. The van der Waals surface area contributed by atoms with Crippen LogP contribution in [0.3, 0.4) is 0 Å². The second-order valence-corrected chi connectivity index (χ2v) is 11.4. The van der Waals surface area contributed by atoms with E-state index in [1.807, 2.05) is 13.8 Å². The number of hydrogen-bond acceptors (Lipinski definition) is 6. The van der Waals surface area contributed by atoms with Crippen molar-refractivity contribution in [2.24, 2.45) is 11.7 Å². The van der Waals surface area contributed by atoms with Crippen LogP contribution in [-0.2, 0) is 19.1 Å². The Balaban J connectivity index is 3.61. The molecule has 0 radical (unpaired) electrons. The Labute approximate surface area is 233 Å². The van der Waals surface area contributed by atoms with Gasteiger partial charge in [-0.15, -0.1) is 0 Å². The molecule has 0 heterocycles. The van der Waals surface area contributed by atoms with Crippen molar-refractivity contribution >= 4 is 23.8 Å². The number of benzene rings is 1. The molecule has 1 rings (SSSR count). The van der Waals surface area contributed by atoms with Crippen LogP contribution in [0, 0.1) is 5.92 Å². The van der Waals surface area contributed by atoms with Crippen molar-refractivity contribution in [1.82, 2.24) is 15.5 Å². The van der Waals surface area contributed by atoms with Gasteiger partial charge >= 0.3 is 6.09 Å². The summed E-state index contributed by atoms with van der Waals surface area (Å²) in [5.74, 6) is -1.43. The average molecular weight is 549 g/mol. The predicted molar refractivity (Wildman–Crippen MR) is 151 cm³/mol. The van der Waals surface area contributed by atoms with Gasteiger partial charge in [-0.05, 0) is 65.4 Å². The van der Waals surface area contributed by atoms with Crippen LogP contribution in [0.25, 0.3) is 0 Å². The number of rotatable bonds is 15. The van der Waals surface area contributed by atoms with Crippen LogP contribution in [0.2, 0.25) is 0 Å². The Morgan fingerprint density at radius 2 is 1.69 bits per heavy atom. The monoisotopic (exact) mass is 548 g/mol. The molecule has 0 aliphatic heterocycles. The number of ether oxygens (including phenoxy) is 1. The van der Waals surface area contributed by atoms with Gasteiger partial charge in [0.1, 0.15) is 23.4 Å². The molecule has 0 aliphatic rings. The van der Waals surface area contributed by atoms with Gasteiger partial charge in [0.2, 0.25) is 17.7 Å². The van der Waals surface area contributed by atoms with E-state index in [1.165, 1.54) is 11.0 Å². The molecule has 3 unspecified atom stereocenters. The highest BCUT2D eigenvalue weighted by atomic mass is 16.6. The zero-order valence-corrected chi connectivity index (χ0v) is 24.6. The summed E-state index contributed by atoms with van der Waals surface area (Å²) in [6.07, 6.45) is 1.90. The minimum atomic E-state index is -1.19. The lowest BCUT2D eigenvalue weighted by molar-refractivity contribution is -0.145. The molecule has 0 saturated heterocycles.